The van der Waals surface area contributed by atoms with Crippen molar-refractivity contribution in [1.82, 2.24) is 4.98 Å². The van der Waals surface area contributed by atoms with Crippen molar-refractivity contribution in [3.05, 3.63) is 102 Å². The molecule has 0 aliphatic heterocycles. The van der Waals surface area contributed by atoms with Gasteiger partial charge in [-0.25, -0.2) is 0 Å². The zero-order valence-corrected chi connectivity index (χ0v) is 18.1. The number of hydrogen-bond donors (Lipinski definition) is 0. The standard InChI is InChI=1S/C29H25NO/c1-19(2)23-14-15-30-27(18-23)24-16-25-20(3)28(22-12-8-5-9-13-22)31-29(25)26(17-24)21-10-6-4-7-11-21/h4-19H,1-3H3. The van der Waals surface area contributed by atoms with Crippen molar-refractivity contribution in [2.45, 2.75) is 26.7 Å². The van der Waals surface area contributed by atoms with Crippen LogP contribution in [0, 0.1) is 6.92 Å². The van der Waals surface area contributed by atoms with E-state index in [0.29, 0.717) is 5.92 Å². The molecule has 0 bridgehead atoms. The van der Waals surface area contributed by atoms with Gasteiger partial charge in [0.2, 0.25) is 0 Å². The first-order chi connectivity index (χ1) is 15.1. The largest absolute Gasteiger partial charge is 0.455 e. The van der Waals surface area contributed by atoms with E-state index in [1.165, 1.54) is 5.56 Å². The molecule has 0 unspecified atom stereocenters. The molecule has 0 spiro atoms. The molecular formula is C29H25NO. The summed E-state index contributed by atoms with van der Waals surface area (Å²) < 4.78 is 6.50. The van der Waals surface area contributed by atoms with Gasteiger partial charge in [0.1, 0.15) is 11.3 Å². The van der Waals surface area contributed by atoms with E-state index in [1.807, 2.05) is 30.5 Å². The maximum absolute atomic E-state index is 6.50. The molecule has 2 aromatic heterocycles. The molecule has 0 saturated carbocycles. The van der Waals surface area contributed by atoms with Crippen molar-refractivity contribution in [1.29, 1.82) is 0 Å². The summed E-state index contributed by atoms with van der Waals surface area (Å²) >= 11 is 0. The highest BCUT2D eigenvalue weighted by molar-refractivity contribution is 6.00. The highest BCUT2D eigenvalue weighted by Crippen LogP contribution is 2.41. The summed E-state index contributed by atoms with van der Waals surface area (Å²) in [5, 5.41) is 1.13. The van der Waals surface area contributed by atoms with Crippen LogP contribution in [0.4, 0.5) is 0 Å². The first-order valence-electron chi connectivity index (χ1n) is 10.8. The van der Waals surface area contributed by atoms with Crippen LogP contribution in [0.1, 0.15) is 30.9 Å². The predicted molar refractivity (Wildman–Crippen MR) is 129 cm³/mol. The summed E-state index contributed by atoms with van der Waals surface area (Å²) in [5.74, 6) is 1.38. The molecular weight excluding hydrogens is 378 g/mol. The van der Waals surface area contributed by atoms with E-state index < -0.39 is 0 Å². The van der Waals surface area contributed by atoms with Gasteiger partial charge in [0, 0.05) is 33.8 Å². The summed E-state index contributed by atoms with van der Waals surface area (Å²) in [5.41, 5.74) is 8.80. The Balaban J connectivity index is 1.79. The maximum atomic E-state index is 6.50. The van der Waals surface area contributed by atoms with Crippen LogP contribution >= 0.6 is 0 Å². The molecule has 152 valence electrons. The molecule has 0 atom stereocenters. The highest BCUT2D eigenvalue weighted by Gasteiger charge is 2.18. The molecule has 31 heavy (non-hydrogen) atoms. The second-order valence-electron chi connectivity index (χ2n) is 8.32. The number of fused-ring (bicyclic) bond motifs is 1. The molecule has 0 amide bonds. The van der Waals surface area contributed by atoms with Gasteiger partial charge in [-0.3, -0.25) is 4.98 Å². The summed E-state index contributed by atoms with van der Waals surface area (Å²) in [4.78, 5) is 4.70. The van der Waals surface area contributed by atoms with Gasteiger partial charge in [-0.1, -0.05) is 74.5 Å². The zero-order chi connectivity index (χ0) is 21.4. The van der Waals surface area contributed by atoms with Gasteiger partial charge in [0.05, 0.1) is 5.69 Å². The van der Waals surface area contributed by atoms with Crippen LogP contribution in [0.15, 0.2) is 95.5 Å². The molecule has 0 radical (unpaired) electrons. The number of hydrogen-bond acceptors (Lipinski definition) is 2. The maximum Gasteiger partial charge on any atom is 0.142 e. The second kappa shape index (κ2) is 7.88. The Morgan fingerprint density at radius 2 is 1.42 bits per heavy atom. The minimum absolute atomic E-state index is 0.458. The number of furan rings is 1. The Bertz CT molecular complexity index is 1350. The monoisotopic (exact) mass is 403 g/mol. The molecule has 0 aliphatic carbocycles. The molecule has 3 aromatic carbocycles. The minimum atomic E-state index is 0.458. The Hall–Kier alpha value is -3.65. The molecule has 2 nitrogen and oxygen atoms in total. The van der Waals surface area contributed by atoms with Crippen molar-refractivity contribution >= 4 is 11.0 Å². The van der Waals surface area contributed by atoms with Crippen LogP contribution < -0.4 is 0 Å². The van der Waals surface area contributed by atoms with Crippen molar-refractivity contribution in [2.24, 2.45) is 0 Å². The van der Waals surface area contributed by atoms with Crippen LogP contribution in [0.25, 0.3) is 44.7 Å². The topological polar surface area (TPSA) is 26.0 Å². The third-order valence-corrected chi connectivity index (χ3v) is 5.90. The molecule has 2 heterocycles. The molecule has 5 rings (SSSR count). The number of nitrogens with zero attached hydrogens (tertiary/aromatic N) is 1. The lowest BCUT2D eigenvalue weighted by Crippen LogP contribution is -1.91. The van der Waals surface area contributed by atoms with E-state index in [2.05, 4.69) is 81.4 Å². The number of pyridine rings is 1. The number of rotatable bonds is 4. The Morgan fingerprint density at radius 1 is 0.742 bits per heavy atom. The third kappa shape index (κ3) is 3.55. The zero-order valence-electron chi connectivity index (χ0n) is 18.1. The quantitative estimate of drug-likeness (QED) is 0.302. The Labute approximate surface area is 183 Å². The summed E-state index contributed by atoms with van der Waals surface area (Å²) in [6.45, 7) is 6.57. The first-order valence-corrected chi connectivity index (χ1v) is 10.8. The van der Waals surface area contributed by atoms with Crippen molar-refractivity contribution in [2.75, 3.05) is 0 Å². The smallest absolute Gasteiger partial charge is 0.142 e. The lowest BCUT2D eigenvalue weighted by atomic mass is 9.95. The number of aromatic nitrogens is 1. The van der Waals surface area contributed by atoms with Gasteiger partial charge in [0.15, 0.2) is 0 Å². The van der Waals surface area contributed by atoms with Crippen LogP contribution in [0.5, 0.6) is 0 Å². The minimum Gasteiger partial charge on any atom is -0.455 e. The predicted octanol–water partition coefficient (Wildman–Crippen LogP) is 8.26. The average molecular weight is 404 g/mol. The molecule has 0 N–H and O–H groups in total. The van der Waals surface area contributed by atoms with E-state index in [4.69, 9.17) is 9.40 Å². The average Bonchev–Trinajstić information content (AvgIpc) is 3.16. The van der Waals surface area contributed by atoms with Gasteiger partial charge >= 0.3 is 0 Å². The fraction of sp³-hybridized carbons (Fsp3) is 0.138. The lowest BCUT2D eigenvalue weighted by Gasteiger charge is -2.10. The first kappa shape index (κ1) is 19.3. The highest BCUT2D eigenvalue weighted by atomic mass is 16.3. The second-order valence-corrected chi connectivity index (χ2v) is 8.32. The summed E-state index contributed by atoms with van der Waals surface area (Å²) in [6, 6.07) is 29.5. The van der Waals surface area contributed by atoms with E-state index in [-0.39, 0.29) is 0 Å². The van der Waals surface area contributed by atoms with Crippen molar-refractivity contribution in [3.8, 4) is 33.7 Å². The van der Waals surface area contributed by atoms with Crippen LogP contribution in [0.3, 0.4) is 0 Å². The summed E-state index contributed by atoms with van der Waals surface area (Å²) in [7, 11) is 0. The Morgan fingerprint density at radius 3 is 2.10 bits per heavy atom. The molecule has 5 aromatic rings. The Kier molecular flexibility index (Phi) is 4.91. The molecule has 0 fully saturated rings. The van der Waals surface area contributed by atoms with Crippen molar-refractivity contribution in [3.63, 3.8) is 0 Å². The fourth-order valence-corrected chi connectivity index (χ4v) is 4.13. The van der Waals surface area contributed by atoms with Crippen LogP contribution in [-0.2, 0) is 0 Å². The van der Waals surface area contributed by atoms with Gasteiger partial charge in [0.25, 0.3) is 0 Å². The third-order valence-electron chi connectivity index (χ3n) is 5.90. The fourth-order valence-electron chi connectivity index (χ4n) is 4.13. The SMILES string of the molecule is Cc1c(-c2ccccc2)oc2c(-c3ccccc3)cc(-c3cc(C(C)C)ccn3)cc12. The van der Waals surface area contributed by atoms with Crippen LogP contribution in [-0.4, -0.2) is 4.98 Å². The normalized spacial score (nSPS) is 11.4. The van der Waals surface area contributed by atoms with Gasteiger partial charge in [-0.2, -0.15) is 0 Å². The lowest BCUT2D eigenvalue weighted by molar-refractivity contribution is 0.630. The van der Waals surface area contributed by atoms with Gasteiger partial charge < -0.3 is 4.42 Å². The summed E-state index contributed by atoms with van der Waals surface area (Å²) in [6.07, 6.45) is 1.91. The van der Waals surface area contributed by atoms with E-state index in [9.17, 15) is 0 Å². The van der Waals surface area contributed by atoms with Gasteiger partial charge in [-0.05, 0) is 48.2 Å². The number of aryl methyl sites for hydroxylation is 1. The molecule has 2 heteroatoms. The van der Waals surface area contributed by atoms with E-state index in [1.54, 1.807) is 0 Å². The molecule has 0 aliphatic rings. The van der Waals surface area contributed by atoms with E-state index in [0.717, 1.165) is 50.2 Å². The number of benzene rings is 3. The molecule has 0 saturated heterocycles. The van der Waals surface area contributed by atoms with Crippen molar-refractivity contribution < 1.29 is 4.42 Å². The van der Waals surface area contributed by atoms with Crippen LogP contribution in [0.2, 0.25) is 0 Å². The van der Waals surface area contributed by atoms with Gasteiger partial charge in [-0.15, -0.1) is 0 Å². The van der Waals surface area contributed by atoms with E-state index >= 15 is 0 Å².